The van der Waals surface area contributed by atoms with Crippen molar-refractivity contribution >= 4 is 11.9 Å². The predicted octanol–water partition coefficient (Wildman–Crippen LogP) is 2.55. The molecule has 0 N–H and O–H groups in total. The molecule has 29 heavy (non-hydrogen) atoms. The number of nitrogens with zero attached hydrogens (tertiary/aromatic N) is 2. The molecule has 2 bridgehead atoms. The molecule has 3 fully saturated rings. The second-order valence-electron chi connectivity index (χ2n) is 8.06. The van der Waals surface area contributed by atoms with Crippen molar-refractivity contribution < 1.29 is 23.5 Å². The Morgan fingerprint density at radius 3 is 2.72 bits per heavy atom. The van der Waals surface area contributed by atoms with Gasteiger partial charge in [0, 0.05) is 12.7 Å². The van der Waals surface area contributed by atoms with Gasteiger partial charge in [-0.15, -0.1) is 0 Å². The van der Waals surface area contributed by atoms with Crippen molar-refractivity contribution in [2.75, 3.05) is 13.2 Å². The molecule has 2 saturated heterocycles. The van der Waals surface area contributed by atoms with Crippen molar-refractivity contribution in [3.8, 4) is 5.75 Å². The summed E-state index contributed by atoms with van der Waals surface area (Å²) in [5, 5.41) is 0. The van der Waals surface area contributed by atoms with Crippen molar-refractivity contribution in [2.24, 2.45) is 5.92 Å². The molecule has 158 valence electrons. The monoisotopic (exact) mass is 406 g/mol. The molecule has 1 aliphatic carbocycles. The zero-order chi connectivity index (χ0) is 20.7. The van der Waals surface area contributed by atoms with Crippen LogP contribution in [0, 0.1) is 5.92 Å². The lowest BCUT2D eigenvalue weighted by Crippen LogP contribution is -2.65. The third-order valence-corrected chi connectivity index (χ3v) is 6.34. The van der Waals surface area contributed by atoms with Crippen LogP contribution >= 0.6 is 0 Å². The number of halogens is 1. The smallest absolute Gasteiger partial charge is 0.343 e. The number of hydrogen-bond acceptors (Lipinski definition) is 5. The number of unbranched alkanes of at least 4 members (excludes halogenated alkanes) is 1. The molecule has 1 amide bonds. The van der Waals surface area contributed by atoms with Gasteiger partial charge in [0.15, 0.2) is 11.4 Å². The normalized spacial score (nSPS) is 27.4. The van der Waals surface area contributed by atoms with Crippen molar-refractivity contribution in [3.05, 3.63) is 27.7 Å². The van der Waals surface area contributed by atoms with Gasteiger partial charge in [0.2, 0.25) is 5.43 Å². The Morgan fingerprint density at radius 1 is 1.24 bits per heavy atom. The maximum atomic E-state index is 14.5. The quantitative estimate of drug-likeness (QED) is 0.536. The molecule has 7 nitrogen and oxygen atoms in total. The SMILES string of the molecule is CCCCOc1c2n(cc(C(=O)OCC)c1=O)C[C@H]1[C@H]3CC[C@H]([C@H](F)C3)N1C2=O. The molecule has 0 spiro atoms. The summed E-state index contributed by atoms with van der Waals surface area (Å²) in [6.45, 7) is 4.48. The highest BCUT2D eigenvalue weighted by Gasteiger charge is 2.52. The van der Waals surface area contributed by atoms with E-state index in [1.165, 1.54) is 6.20 Å². The highest BCUT2D eigenvalue weighted by atomic mass is 19.1. The van der Waals surface area contributed by atoms with Gasteiger partial charge in [-0.05, 0) is 38.5 Å². The molecule has 4 aliphatic rings. The fourth-order valence-electron chi connectivity index (χ4n) is 4.94. The van der Waals surface area contributed by atoms with Crippen LogP contribution in [-0.2, 0) is 11.3 Å². The van der Waals surface area contributed by atoms with Crippen molar-refractivity contribution in [1.29, 1.82) is 0 Å². The molecule has 4 heterocycles. The fourth-order valence-corrected chi connectivity index (χ4v) is 4.94. The maximum absolute atomic E-state index is 14.5. The van der Waals surface area contributed by atoms with Gasteiger partial charge in [0.05, 0.1) is 25.3 Å². The number of esters is 1. The van der Waals surface area contributed by atoms with E-state index >= 15 is 0 Å². The number of rotatable bonds is 6. The molecule has 1 aromatic rings. The first-order chi connectivity index (χ1) is 14.0. The molecule has 8 heteroatoms. The molecular formula is C21H27FN2O5. The second-order valence-corrected chi connectivity index (χ2v) is 8.06. The van der Waals surface area contributed by atoms with E-state index in [2.05, 4.69) is 0 Å². The summed E-state index contributed by atoms with van der Waals surface area (Å²) in [5.74, 6) is -1.14. The van der Waals surface area contributed by atoms with Gasteiger partial charge in [0.1, 0.15) is 11.7 Å². The minimum atomic E-state index is -1.03. The molecule has 5 rings (SSSR count). The summed E-state index contributed by atoms with van der Waals surface area (Å²) in [5.41, 5.74) is -0.653. The van der Waals surface area contributed by atoms with E-state index in [-0.39, 0.29) is 48.1 Å². The zero-order valence-corrected chi connectivity index (χ0v) is 16.9. The molecule has 0 unspecified atom stereocenters. The molecule has 3 aliphatic heterocycles. The first-order valence-corrected chi connectivity index (χ1v) is 10.5. The maximum Gasteiger partial charge on any atom is 0.343 e. The van der Waals surface area contributed by atoms with Gasteiger partial charge in [-0.1, -0.05) is 13.3 Å². The number of carbonyl (C=O) groups is 2. The second kappa shape index (κ2) is 7.80. The standard InChI is InChI=1S/C21H27FN2O5/c1-3-5-8-29-19-17-20(26)24-15-7-6-12(9-14(15)22)16(24)11-23(17)10-13(18(19)25)21(27)28-4-2/h10,12,14-16H,3-9,11H2,1-2H3/t12-,14+,15+,16-/m0/s1. The van der Waals surface area contributed by atoms with E-state index in [1.807, 2.05) is 6.92 Å². The van der Waals surface area contributed by atoms with Crippen molar-refractivity contribution in [1.82, 2.24) is 9.47 Å². The Bertz CT molecular complexity index is 883. The summed E-state index contributed by atoms with van der Waals surface area (Å²) in [4.78, 5) is 40.4. The third kappa shape index (κ3) is 3.22. The Hall–Kier alpha value is -2.38. The molecule has 1 saturated carbocycles. The Morgan fingerprint density at radius 2 is 2.03 bits per heavy atom. The van der Waals surface area contributed by atoms with Crippen LogP contribution in [0.3, 0.4) is 0 Å². The zero-order valence-electron chi connectivity index (χ0n) is 16.9. The highest BCUT2D eigenvalue weighted by molar-refractivity contribution is 5.98. The third-order valence-electron chi connectivity index (χ3n) is 6.34. The van der Waals surface area contributed by atoms with E-state index in [9.17, 15) is 18.8 Å². The van der Waals surface area contributed by atoms with Crippen LogP contribution in [-0.4, -0.2) is 52.8 Å². The number of pyridine rings is 1. The topological polar surface area (TPSA) is 77.8 Å². The Kier molecular flexibility index (Phi) is 5.36. The van der Waals surface area contributed by atoms with Crippen LogP contribution in [0.25, 0.3) is 0 Å². The summed E-state index contributed by atoms with van der Waals surface area (Å²) >= 11 is 0. The lowest BCUT2D eigenvalue weighted by molar-refractivity contribution is -0.0564. The van der Waals surface area contributed by atoms with Crippen LogP contribution in [0.4, 0.5) is 4.39 Å². The van der Waals surface area contributed by atoms with Crippen LogP contribution in [0.1, 0.15) is 66.8 Å². The summed E-state index contributed by atoms with van der Waals surface area (Å²) < 4.78 is 26.9. The van der Waals surface area contributed by atoms with Crippen molar-refractivity contribution in [2.45, 2.75) is 70.8 Å². The largest absolute Gasteiger partial charge is 0.487 e. The number of fused-ring (bicyclic) bond motifs is 3. The fraction of sp³-hybridized carbons (Fsp3) is 0.667. The minimum absolute atomic E-state index is 0.0852. The van der Waals surface area contributed by atoms with E-state index in [1.54, 1.807) is 16.4 Å². The van der Waals surface area contributed by atoms with Crippen LogP contribution in [0.15, 0.2) is 11.0 Å². The van der Waals surface area contributed by atoms with Crippen molar-refractivity contribution in [3.63, 3.8) is 0 Å². The minimum Gasteiger partial charge on any atom is -0.487 e. The lowest BCUT2D eigenvalue weighted by Gasteiger charge is -2.55. The predicted molar refractivity (Wildman–Crippen MR) is 103 cm³/mol. The molecule has 0 aromatic carbocycles. The van der Waals surface area contributed by atoms with E-state index in [0.717, 1.165) is 12.8 Å². The average Bonchev–Trinajstić information content (AvgIpc) is 2.70. The van der Waals surface area contributed by atoms with Gasteiger partial charge in [-0.25, -0.2) is 9.18 Å². The van der Waals surface area contributed by atoms with Crippen LogP contribution in [0.2, 0.25) is 0 Å². The number of aromatic nitrogens is 1. The van der Waals surface area contributed by atoms with Gasteiger partial charge >= 0.3 is 5.97 Å². The van der Waals surface area contributed by atoms with E-state index in [4.69, 9.17) is 9.47 Å². The average molecular weight is 406 g/mol. The summed E-state index contributed by atoms with van der Waals surface area (Å²) in [6.07, 6.45) is 3.93. The number of piperidine rings is 2. The van der Waals surface area contributed by atoms with Gasteiger partial charge in [-0.2, -0.15) is 0 Å². The lowest BCUT2D eigenvalue weighted by atomic mass is 9.72. The van der Waals surface area contributed by atoms with E-state index < -0.39 is 23.6 Å². The Labute approximate surface area is 168 Å². The van der Waals surface area contributed by atoms with Gasteiger partial charge in [-0.3, -0.25) is 9.59 Å². The molecular weight excluding hydrogens is 379 g/mol. The number of alkyl halides is 1. The summed E-state index contributed by atoms with van der Waals surface area (Å²) in [7, 11) is 0. The van der Waals surface area contributed by atoms with E-state index in [0.29, 0.717) is 25.8 Å². The number of amides is 1. The number of hydrogen-bond donors (Lipinski definition) is 0. The molecule has 4 atom stereocenters. The van der Waals surface area contributed by atoms with Gasteiger partial charge < -0.3 is 18.9 Å². The summed E-state index contributed by atoms with van der Waals surface area (Å²) in [6, 6.07) is -0.573. The molecule has 0 radical (unpaired) electrons. The van der Waals surface area contributed by atoms with Crippen LogP contribution in [0.5, 0.6) is 5.75 Å². The molecule has 1 aromatic heterocycles. The van der Waals surface area contributed by atoms with Crippen LogP contribution < -0.4 is 10.2 Å². The first kappa shape index (κ1) is 19.9. The number of ether oxygens (including phenoxy) is 2. The highest BCUT2D eigenvalue weighted by Crippen LogP contribution is 2.44. The Balaban J connectivity index is 1.81. The van der Waals surface area contributed by atoms with Gasteiger partial charge in [0.25, 0.3) is 5.91 Å². The first-order valence-electron chi connectivity index (χ1n) is 10.5. The number of carbonyl (C=O) groups excluding carboxylic acids is 2.